The SMILES string of the molecule is CN=C(NCCc1csc(C)n1)NCc1ccc(C)cc1OCC(F)(F)F. The van der Waals surface area contributed by atoms with Crippen LogP contribution < -0.4 is 15.4 Å². The number of nitrogens with zero attached hydrogens (tertiary/aromatic N) is 2. The zero-order chi connectivity index (χ0) is 19.9. The van der Waals surface area contributed by atoms with E-state index in [0.29, 0.717) is 24.6 Å². The summed E-state index contributed by atoms with van der Waals surface area (Å²) >= 11 is 1.61. The van der Waals surface area contributed by atoms with Gasteiger partial charge in [-0.3, -0.25) is 4.99 Å². The summed E-state index contributed by atoms with van der Waals surface area (Å²) < 4.78 is 42.3. The van der Waals surface area contributed by atoms with Crippen LogP contribution in [0.1, 0.15) is 21.8 Å². The van der Waals surface area contributed by atoms with Crippen molar-refractivity contribution < 1.29 is 17.9 Å². The van der Waals surface area contributed by atoms with Crippen molar-refractivity contribution in [3.63, 3.8) is 0 Å². The number of alkyl halides is 3. The molecule has 148 valence electrons. The number of guanidine groups is 1. The van der Waals surface area contributed by atoms with E-state index in [4.69, 9.17) is 4.74 Å². The van der Waals surface area contributed by atoms with E-state index in [-0.39, 0.29) is 5.75 Å². The number of halogens is 3. The summed E-state index contributed by atoms with van der Waals surface area (Å²) in [6, 6.07) is 5.18. The Labute approximate surface area is 160 Å². The second kappa shape index (κ2) is 9.59. The molecule has 0 bridgehead atoms. The Kier molecular flexibility index (Phi) is 7.46. The van der Waals surface area contributed by atoms with Crippen LogP contribution >= 0.6 is 11.3 Å². The summed E-state index contributed by atoms with van der Waals surface area (Å²) in [4.78, 5) is 8.52. The number of nitrogens with one attached hydrogen (secondary N) is 2. The van der Waals surface area contributed by atoms with Crippen molar-refractivity contribution in [2.24, 2.45) is 4.99 Å². The predicted octanol–water partition coefficient (Wildman–Crippen LogP) is 3.61. The Hall–Kier alpha value is -2.29. The Bertz CT molecular complexity index is 774. The van der Waals surface area contributed by atoms with Gasteiger partial charge in [-0.25, -0.2) is 4.98 Å². The molecule has 0 aliphatic rings. The molecule has 0 saturated carbocycles. The first kappa shape index (κ1) is 21.0. The monoisotopic (exact) mass is 400 g/mol. The quantitative estimate of drug-likeness (QED) is 0.551. The standard InChI is InChI=1S/C18H23F3N4OS/c1-12-4-5-14(16(8-12)26-11-18(19,20)21)9-24-17(22-3)23-7-6-15-10-27-13(2)25-15/h4-5,8,10H,6-7,9,11H2,1-3H3,(H2,22,23,24). The van der Waals surface area contributed by atoms with Crippen molar-refractivity contribution in [3.8, 4) is 5.75 Å². The number of aryl methyl sites for hydroxylation is 2. The van der Waals surface area contributed by atoms with Crippen LogP contribution in [-0.4, -0.2) is 37.3 Å². The van der Waals surface area contributed by atoms with Crippen LogP contribution in [-0.2, 0) is 13.0 Å². The number of hydrogen-bond donors (Lipinski definition) is 2. The number of benzene rings is 1. The molecule has 1 aromatic heterocycles. The number of rotatable bonds is 7. The molecule has 0 atom stereocenters. The van der Waals surface area contributed by atoms with Crippen molar-refractivity contribution in [2.45, 2.75) is 33.0 Å². The number of aromatic nitrogens is 1. The smallest absolute Gasteiger partial charge is 0.422 e. The Morgan fingerprint density at radius 1 is 1.26 bits per heavy atom. The maximum absolute atomic E-state index is 12.4. The number of thiazole rings is 1. The molecule has 2 rings (SSSR count). The topological polar surface area (TPSA) is 58.5 Å². The van der Waals surface area contributed by atoms with Crippen molar-refractivity contribution >= 4 is 17.3 Å². The summed E-state index contributed by atoms with van der Waals surface area (Å²) in [7, 11) is 1.64. The molecule has 0 aliphatic carbocycles. The highest BCUT2D eigenvalue weighted by Gasteiger charge is 2.28. The molecule has 0 amide bonds. The van der Waals surface area contributed by atoms with E-state index in [9.17, 15) is 13.2 Å². The van der Waals surface area contributed by atoms with E-state index in [1.54, 1.807) is 37.4 Å². The van der Waals surface area contributed by atoms with Gasteiger partial charge >= 0.3 is 6.18 Å². The van der Waals surface area contributed by atoms with Crippen LogP contribution in [0.5, 0.6) is 5.75 Å². The molecule has 0 spiro atoms. The number of hydrogen-bond acceptors (Lipinski definition) is 4. The second-order valence-corrected chi connectivity index (χ2v) is 7.04. The Balaban J connectivity index is 1.89. The lowest BCUT2D eigenvalue weighted by molar-refractivity contribution is -0.153. The molecule has 0 saturated heterocycles. The van der Waals surface area contributed by atoms with Crippen molar-refractivity contribution in [1.29, 1.82) is 0 Å². The molecule has 1 aromatic carbocycles. The minimum Gasteiger partial charge on any atom is -0.484 e. The highest BCUT2D eigenvalue weighted by molar-refractivity contribution is 7.09. The molecule has 5 nitrogen and oxygen atoms in total. The Morgan fingerprint density at radius 3 is 2.67 bits per heavy atom. The lowest BCUT2D eigenvalue weighted by atomic mass is 10.1. The lowest BCUT2D eigenvalue weighted by Crippen LogP contribution is -2.38. The van der Waals surface area contributed by atoms with Crippen LogP contribution in [0, 0.1) is 13.8 Å². The molecular formula is C18H23F3N4OS. The third-order valence-corrected chi connectivity index (χ3v) is 4.45. The van der Waals surface area contributed by atoms with Gasteiger partial charge in [-0.05, 0) is 25.5 Å². The van der Waals surface area contributed by atoms with Crippen LogP contribution in [0.2, 0.25) is 0 Å². The van der Waals surface area contributed by atoms with E-state index >= 15 is 0 Å². The van der Waals surface area contributed by atoms with Gasteiger partial charge in [-0.1, -0.05) is 12.1 Å². The van der Waals surface area contributed by atoms with E-state index in [1.807, 2.05) is 18.4 Å². The molecular weight excluding hydrogens is 377 g/mol. The second-order valence-electron chi connectivity index (χ2n) is 5.98. The molecule has 9 heteroatoms. The van der Waals surface area contributed by atoms with E-state index in [0.717, 1.165) is 22.7 Å². The van der Waals surface area contributed by atoms with Gasteiger partial charge in [0.25, 0.3) is 0 Å². The lowest BCUT2D eigenvalue weighted by Gasteiger charge is -2.16. The van der Waals surface area contributed by atoms with Crippen molar-refractivity contribution in [2.75, 3.05) is 20.2 Å². The largest absolute Gasteiger partial charge is 0.484 e. The summed E-state index contributed by atoms with van der Waals surface area (Å²) in [5.74, 6) is 0.775. The zero-order valence-corrected chi connectivity index (χ0v) is 16.3. The molecule has 2 aromatic rings. The summed E-state index contributed by atoms with van der Waals surface area (Å²) in [6.07, 6.45) is -3.62. The predicted molar refractivity (Wildman–Crippen MR) is 101 cm³/mol. The summed E-state index contributed by atoms with van der Waals surface area (Å²) in [5, 5.41) is 9.31. The molecule has 0 unspecified atom stereocenters. The molecule has 27 heavy (non-hydrogen) atoms. The van der Waals surface area contributed by atoms with Crippen LogP contribution in [0.3, 0.4) is 0 Å². The average molecular weight is 400 g/mol. The summed E-state index contributed by atoms with van der Waals surface area (Å²) in [6.45, 7) is 3.39. The van der Waals surface area contributed by atoms with Crippen LogP contribution in [0.25, 0.3) is 0 Å². The first-order chi connectivity index (χ1) is 12.8. The van der Waals surface area contributed by atoms with Gasteiger partial charge in [0.15, 0.2) is 12.6 Å². The van der Waals surface area contributed by atoms with Gasteiger partial charge in [0, 0.05) is 37.5 Å². The molecule has 0 fully saturated rings. The average Bonchev–Trinajstić information content (AvgIpc) is 3.01. The Morgan fingerprint density at radius 2 is 2.04 bits per heavy atom. The zero-order valence-electron chi connectivity index (χ0n) is 15.5. The minimum atomic E-state index is -4.37. The molecule has 0 aliphatic heterocycles. The highest BCUT2D eigenvalue weighted by atomic mass is 32.1. The van der Waals surface area contributed by atoms with Gasteiger partial charge in [-0.2, -0.15) is 13.2 Å². The fourth-order valence-electron chi connectivity index (χ4n) is 2.33. The third kappa shape index (κ3) is 7.46. The molecule has 2 N–H and O–H groups in total. The third-order valence-electron chi connectivity index (χ3n) is 3.62. The van der Waals surface area contributed by atoms with Gasteiger partial charge < -0.3 is 15.4 Å². The van der Waals surface area contributed by atoms with Gasteiger partial charge in [0.1, 0.15) is 5.75 Å². The van der Waals surface area contributed by atoms with Crippen LogP contribution in [0.4, 0.5) is 13.2 Å². The van der Waals surface area contributed by atoms with E-state index in [2.05, 4.69) is 20.6 Å². The van der Waals surface area contributed by atoms with E-state index in [1.165, 1.54) is 0 Å². The maximum atomic E-state index is 12.4. The van der Waals surface area contributed by atoms with Gasteiger partial charge in [0.2, 0.25) is 0 Å². The highest BCUT2D eigenvalue weighted by Crippen LogP contribution is 2.23. The fraction of sp³-hybridized carbons (Fsp3) is 0.444. The van der Waals surface area contributed by atoms with E-state index < -0.39 is 12.8 Å². The van der Waals surface area contributed by atoms with Crippen molar-refractivity contribution in [1.82, 2.24) is 15.6 Å². The number of ether oxygens (including phenoxy) is 1. The first-order valence-electron chi connectivity index (χ1n) is 8.41. The van der Waals surface area contributed by atoms with Crippen molar-refractivity contribution in [3.05, 3.63) is 45.4 Å². The van der Waals surface area contributed by atoms with Crippen LogP contribution in [0.15, 0.2) is 28.6 Å². The fourth-order valence-corrected chi connectivity index (χ4v) is 2.98. The molecule has 1 heterocycles. The first-order valence-corrected chi connectivity index (χ1v) is 9.29. The number of aliphatic imine (C=N–C) groups is 1. The van der Waals surface area contributed by atoms with Gasteiger partial charge in [0.05, 0.1) is 10.7 Å². The minimum absolute atomic E-state index is 0.216. The summed E-state index contributed by atoms with van der Waals surface area (Å²) in [5.41, 5.74) is 2.47. The normalized spacial score (nSPS) is 12.1. The van der Waals surface area contributed by atoms with Gasteiger partial charge in [-0.15, -0.1) is 11.3 Å². The maximum Gasteiger partial charge on any atom is 0.422 e. The molecule has 0 radical (unpaired) electrons.